The Morgan fingerprint density at radius 2 is 2.03 bits per heavy atom. The van der Waals surface area contributed by atoms with Gasteiger partial charge in [-0.05, 0) is 56.3 Å². The summed E-state index contributed by atoms with van der Waals surface area (Å²) in [5.41, 5.74) is 3.64. The number of rotatable bonds is 9. The lowest BCUT2D eigenvalue weighted by Crippen LogP contribution is -2.35. The van der Waals surface area contributed by atoms with E-state index >= 15 is 0 Å². The summed E-state index contributed by atoms with van der Waals surface area (Å²) in [7, 11) is 3.26. The van der Waals surface area contributed by atoms with Crippen LogP contribution in [-0.2, 0) is 17.9 Å². The number of hydrogen-bond acceptors (Lipinski definition) is 4. The fourth-order valence-corrected chi connectivity index (χ4v) is 4.21. The summed E-state index contributed by atoms with van der Waals surface area (Å²) < 4.78 is 10.6. The molecule has 1 heterocycles. The van der Waals surface area contributed by atoms with E-state index < -0.39 is 0 Å². The zero-order valence-corrected chi connectivity index (χ0v) is 18.4. The van der Waals surface area contributed by atoms with Gasteiger partial charge in [0.1, 0.15) is 11.5 Å². The molecule has 0 spiro atoms. The Kier molecular flexibility index (Phi) is 8.14. The molecule has 1 atom stereocenters. The van der Waals surface area contributed by atoms with Crippen LogP contribution in [0.5, 0.6) is 11.5 Å². The molecule has 0 aliphatic carbocycles. The molecule has 5 heteroatoms. The molecule has 0 bridgehead atoms. The van der Waals surface area contributed by atoms with E-state index in [1.807, 2.05) is 18.2 Å². The van der Waals surface area contributed by atoms with Crippen molar-refractivity contribution < 1.29 is 14.3 Å². The molecule has 1 fully saturated rings. The molecule has 1 aliphatic rings. The maximum absolute atomic E-state index is 12.4. The number of likely N-dealkylation sites (tertiary alicyclic amines) is 1. The van der Waals surface area contributed by atoms with Gasteiger partial charge in [0, 0.05) is 37.7 Å². The van der Waals surface area contributed by atoms with Gasteiger partial charge in [0.2, 0.25) is 5.91 Å². The van der Waals surface area contributed by atoms with Crippen LogP contribution in [-0.4, -0.2) is 38.1 Å². The Labute approximate surface area is 180 Å². The minimum Gasteiger partial charge on any atom is -0.497 e. The molecule has 2 aromatic carbocycles. The molecular weight excluding hydrogens is 376 g/mol. The van der Waals surface area contributed by atoms with Gasteiger partial charge >= 0.3 is 0 Å². The standard InChI is InChI=1S/C25H34N2O3/c1-19-6-4-7-21(14-19)18-27-13-5-8-20(17-27)9-12-25(28)26-16-22-10-11-23(29-2)15-24(22)30-3/h4,6-7,10-11,14-15,20H,5,8-9,12-13,16-18H2,1-3H3,(H,26,28)/t20-/m0/s1. The zero-order chi connectivity index (χ0) is 21.3. The van der Waals surface area contributed by atoms with E-state index in [1.165, 1.54) is 24.0 Å². The maximum atomic E-state index is 12.4. The van der Waals surface area contributed by atoms with E-state index in [0.29, 0.717) is 18.9 Å². The highest BCUT2D eigenvalue weighted by Gasteiger charge is 2.20. The molecule has 2 aromatic rings. The largest absolute Gasteiger partial charge is 0.497 e. The average molecular weight is 411 g/mol. The topological polar surface area (TPSA) is 50.8 Å². The molecule has 3 rings (SSSR count). The van der Waals surface area contributed by atoms with E-state index in [9.17, 15) is 4.79 Å². The lowest BCUT2D eigenvalue weighted by Gasteiger charge is -2.32. The molecular formula is C25H34N2O3. The minimum absolute atomic E-state index is 0.101. The minimum atomic E-state index is 0.101. The second kappa shape index (κ2) is 11.0. The average Bonchev–Trinajstić information content (AvgIpc) is 2.76. The molecule has 1 aliphatic heterocycles. The van der Waals surface area contributed by atoms with Gasteiger partial charge in [0.15, 0.2) is 0 Å². The van der Waals surface area contributed by atoms with Crippen molar-refractivity contribution in [3.63, 3.8) is 0 Å². The van der Waals surface area contributed by atoms with Gasteiger partial charge < -0.3 is 14.8 Å². The van der Waals surface area contributed by atoms with E-state index in [0.717, 1.165) is 43.1 Å². The highest BCUT2D eigenvalue weighted by Crippen LogP contribution is 2.25. The number of aryl methyl sites for hydroxylation is 1. The summed E-state index contributed by atoms with van der Waals surface area (Å²) in [6.45, 7) is 5.84. The van der Waals surface area contributed by atoms with Crippen LogP contribution < -0.4 is 14.8 Å². The highest BCUT2D eigenvalue weighted by atomic mass is 16.5. The second-order valence-corrected chi connectivity index (χ2v) is 8.23. The number of carbonyl (C=O) groups is 1. The lowest BCUT2D eigenvalue weighted by atomic mass is 9.93. The maximum Gasteiger partial charge on any atom is 0.220 e. The van der Waals surface area contributed by atoms with Crippen molar-refractivity contribution >= 4 is 5.91 Å². The Morgan fingerprint density at radius 1 is 1.17 bits per heavy atom. The van der Waals surface area contributed by atoms with Gasteiger partial charge in [-0.3, -0.25) is 9.69 Å². The van der Waals surface area contributed by atoms with Crippen LogP contribution in [0.1, 0.15) is 42.4 Å². The smallest absolute Gasteiger partial charge is 0.220 e. The van der Waals surface area contributed by atoms with Gasteiger partial charge in [-0.1, -0.05) is 29.8 Å². The predicted octanol–water partition coefficient (Wildman–Crippen LogP) is 4.32. The third-order valence-electron chi connectivity index (χ3n) is 5.84. The van der Waals surface area contributed by atoms with Crippen molar-refractivity contribution in [1.29, 1.82) is 0 Å². The molecule has 1 N–H and O–H groups in total. The third-order valence-corrected chi connectivity index (χ3v) is 5.84. The van der Waals surface area contributed by atoms with Gasteiger partial charge in [0.05, 0.1) is 14.2 Å². The Balaban J connectivity index is 1.43. The molecule has 0 aromatic heterocycles. The quantitative estimate of drug-likeness (QED) is 0.669. The summed E-state index contributed by atoms with van der Waals surface area (Å²) in [5, 5.41) is 3.03. The van der Waals surface area contributed by atoms with Crippen molar-refractivity contribution in [2.75, 3.05) is 27.3 Å². The number of benzene rings is 2. The molecule has 0 saturated carbocycles. The fourth-order valence-electron chi connectivity index (χ4n) is 4.21. The first-order valence-electron chi connectivity index (χ1n) is 10.8. The Bertz CT molecular complexity index is 837. The monoisotopic (exact) mass is 410 g/mol. The van der Waals surface area contributed by atoms with Crippen LogP contribution in [0.25, 0.3) is 0 Å². The van der Waals surface area contributed by atoms with E-state index in [2.05, 4.69) is 41.4 Å². The number of amides is 1. The zero-order valence-electron chi connectivity index (χ0n) is 18.4. The lowest BCUT2D eigenvalue weighted by molar-refractivity contribution is -0.121. The van der Waals surface area contributed by atoms with Gasteiger partial charge in [-0.15, -0.1) is 0 Å². The van der Waals surface area contributed by atoms with Crippen LogP contribution in [0.4, 0.5) is 0 Å². The number of nitrogens with one attached hydrogen (secondary N) is 1. The predicted molar refractivity (Wildman–Crippen MR) is 120 cm³/mol. The van der Waals surface area contributed by atoms with Crippen molar-refractivity contribution in [2.24, 2.45) is 5.92 Å². The number of piperidine rings is 1. The van der Waals surface area contributed by atoms with Crippen molar-refractivity contribution in [2.45, 2.75) is 45.7 Å². The van der Waals surface area contributed by atoms with Crippen LogP contribution in [0.3, 0.4) is 0 Å². The molecule has 0 radical (unpaired) electrons. The second-order valence-electron chi connectivity index (χ2n) is 8.23. The van der Waals surface area contributed by atoms with Gasteiger partial charge in [0.25, 0.3) is 0 Å². The summed E-state index contributed by atoms with van der Waals surface area (Å²) in [5.74, 6) is 2.16. The first-order chi connectivity index (χ1) is 14.6. The third kappa shape index (κ3) is 6.49. The van der Waals surface area contributed by atoms with Crippen LogP contribution in [0.15, 0.2) is 42.5 Å². The molecule has 162 valence electrons. The summed E-state index contributed by atoms with van der Waals surface area (Å²) >= 11 is 0. The molecule has 0 unspecified atom stereocenters. The summed E-state index contributed by atoms with van der Waals surface area (Å²) in [6, 6.07) is 14.4. The molecule has 30 heavy (non-hydrogen) atoms. The van der Waals surface area contributed by atoms with Crippen LogP contribution >= 0.6 is 0 Å². The highest BCUT2D eigenvalue weighted by molar-refractivity contribution is 5.75. The first kappa shape index (κ1) is 22.2. The number of carbonyl (C=O) groups excluding carboxylic acids is 1. The molecule has 5 nitrogen and oxygen atoms in total. The van der Waals surface area contributed by atoms with Crippen molar-refractivity contribution in [3.8, 4) is 11.5 Å². The van der Waals surface area contributed by atoms with E-state index in [1.54, 1.807) is 14.2 Å². The normalized spacial score (nSPS) is 16.8. The SMILES string of the molecule is COc1ccc(CNC(=O)CC[C@@H]2CCCN(Cc3cccc(C)c3)C2)c(OC)c1. The molecule has 1 saturated heterocycles. The number of nitrogens with zero attached hydrogens (tertiary/aromatic N) is 1. The van der Waals surface area contributed by atoms with Crippen LogP contribution in [0, 0.1) is 12.8 Å². The first-order valence-corrected chi connectivity index (χ1v) is 10.8. The van der Waals surface area contributed by atoms with E-state index in [-0.39, 0.29) is 5.91 Å². The number of ether oxygens (including phenoxy) is 2. The van der Waals surface area contributed by atoms with Crippen molar-refractivity contribution in [1.82, 2.24) is 10.2 Å². The summed E-state index contributed by atoms with van der Waals surface area (Å²) in [6.07, 6.45) is 3.93. The number of methoxy groups -OCH3 is 2. The number of hydrogen-bond donors (Lipinski definition) is 1. The molecule has 1 amide bonds. The fraction of sp³-hybridized carbons (Fsp3) is 0.480. The van der Waals surface area contributed by atoms with E-state index in [4.69, 9.17) is 9.47 Å². The Morgan fingerprint density at radius 3 is 2.80 bits per heavy atom. The summed E-state index contributed by atoms with van der Waals surface area (Å²) in [4.78, 5) is 14.9. The Hall–Kier alpha value is -2.53. The van der Waals surface area contributed by atoms with Crippen molar-refractivity contribution in [3.05, 3.63) is 59.2 Å². The van der Waals surface area contributed by atoms with Gasteiger partial charge in [-0.25, -0.2) is 0 Å². The van der Waals surface area contributed by atoms with Crippen LogP contribution in [0.2, 0.25) is 0 Å². The van der Waals surface area contributed by atoms with Gasteiger partial charge in [-0.2, -0.15) is 0 Å².